The lowest BCUT2D eigenvalue weighted by molar-refractivity contribution is 0.538. The zero-order chi connectivity index (χ0) is 15.4. The molecule has 0 fully saturated rings. The number of hydrogen-bond donors (Lipinski definition) is 1. The van der Waals surface area contributed by atoms with Crippen molar-refractivity contribution in [3.63, 3.8) is 0 Å². The van der Waals surface area contributed by atoms with Crippen LogP contribution in [0.25, 0.3) is 0 Å². The molecule has 0 aromatic heterocycles. The van der Waals surface area contributed by atoms with E-state index in [0.717, 1.165) is 10.9 Å². The number of hydrogen-bond acceptors (Lipinski definition) is 3. The van der Waals surface area contributed by atoms with Gasteiger partial charge in [0.05, 0.1) is 10.5 Å². The van der Waals surface area contributed by atoms with E-state index in [1.165, 1.54) is 5.56 Å². The van der Waals surface area contributed by atoms with Gasteiger partial charge in [-0.05, 0) is 51.8 Å². The largest absolute Gasteiger partial charge is 0.313 e. The Morgan fingerprint density at radius 1 is 1.20 bits per heavy atom. The second-order valence-corrected chi connectivity index (χ2v) is 9.90. The molecule has 1 aromatic carbocycles. The van der Waals surface area contributed by atoms with Crippen LogP contribution in [0.3, 0.4) is 0 Å². The Morgan fingerprint density at radius 2 is 1.75 bits per heavy atom. The molecule has 0 saturated heterocycles. The summed E-state index contributed by atoms with van der Waals surface area (Å²) >= 11 is 3.41. The summed E-state index contributed by atoms with van der Waals surface area (Å²) in [4.78, 5) is 0. The number of rotatable bonds is 6. The summed E-state index contributed by atoms with van der Waals surface area (Å²) in [5, 5.41) is 3.28. The van der Waals surface area contributed by atoms with Crippen LogP contribution in [0.2, 0.25) is 0 Å². The first-order chi connectivity index (χ1) is 9.12. The van der Waals surface area contributed by atoms with Gasteiger partial charge in [-0.15, -0.1) is 0 Å². The van der Waals surface area contributed by atoms with Crippen LogP contribution in [0.15, 0.2) is 28.7 Å². The van der Waals surface area contributed by atoms with E-state index in [2.05, 4.69) is 40.3 Å². The average Bonchev–Trinajstić information content (AvgIpc) is 2.30. The van der Waals surface area contributed by atoms with E-state index in [4.69, 9.17) is 0 Å². The molecule has 0 amide bonds. The molecule has 0 radical (unpaired) electrons. The maximum Gasteiger partial charge on any atom is 0.156 e. The molecule has 1 atom stereocenters. The van der Waals surface area contributed by atoms with Crippen molar-refractivity contribution in [2.45, 2.75) is 44.9 Å². The van der Waals surface area contributed by atoms with Crippen LogP contribution >= 0.6 is 15.9 Å². The molecule has 1 aromatic rings. The van der Waals surface area contributed by atoms with Gasteiger partial charge in [-0.2, -0.15) is 0 Å². The van der Waals surface area contributed by atoms with Crippen LogP contribution in [0.4, 0.5) is 0 Å². The first-order valence-corrected chi connectivity index (χ1v) is 9.26. The molecule has 0 heterocycles. The van der Waals surface area contributed by atoms with Gasteiger partial charge >= 0.3 is 0 Å². The lowest BCUT2D eigenvalue weighted by Gasteiger charge is -2.20. The van der Waals surface area contributed by atoms with Crippen molar-refractivity contribution in [1.82, 2.24) is 5.32 Å². The molecule has 0 aliphatic rings. The molecular weight excluding hydrogens is 338 g/mol. The summed E-state index contributed by atoms with van der Waals surface area (Å²) < 4.78 is 24.4. The molecule has 0 aliphatic carbocycles. The maximum atomic E-state index is 12.0. The fourth-order valence-electron chi connectivity index (χ4n) is 1.79. The molecule has 5 heteroatoms. The fourth-order valence-corrected chi connectivity index (χ4v) is 3.06. The third kappa shape index (κ3) is 5.54. The Labute approximate surface area is 131 Å². The summed E-state index contributed by atoms with van der Waals surface area (Å²) in [5.74, 6) is 0.182. The standard InChI is InChI=1S/C15H24BrNO2S/c1-12(11-13-5-7-14(16)8-6-13)17-9-10-20(18,19)15(2,3)4/h5-8,12,17H,9-11H2,1-4H3. The van der Waals surface area contributed by atoms with Gasteiger partial charge in [0.15, 0.2) is 9.84 Å². The first-order valence-electron chi connectivity index (χ1n) is 6.82. The predicted molar refractivity (Wildman–Crippen MR) is 88.9 cm³/mol. The molecule has 114 valence electrons. The molecule has 0 saturated carbocycles. The van der Waals surface area contributed by atoms with Crippen molar-refractivity contribution in [2.75, 3.05) is 12.3 Å². The van der Waals surface area contributed by atoms with Crippen LogP contribution in [-0.4, -0.2) is 31.5 Å². The van der Waals surface area contributed by atoms with Crippen LogP contribution in [0.5, 0.6) is 0 Å². The number of sulfone groups is 1. The van der Waals surface area contributed by atoms with Gasteiger partial charge in [-0.3, -0.25) is 0 Å². The molecule has 3 nitrogen and oxygen atoms in total. The Kier molecular flexibility index (Phi) is 6.23. The first kappa shape index (κ1) is 17.7. The maximum absolute atomic E-state index is 12.0. The van der Waals surface area contributed by atoms with E-state index in [1.807, 2.05) is 12.1 Å². The number of nitrogens with one attached hydrogen (secondary N) is 1. The van der Waals surface area contributed by atoms with Gasteiger partial charge in [-0.1, -0.05) is 28.1 Å². The van der Waals surface area contributed by atoms with Crippen molar-refractivity contribution in [2.24, 2.45) is 0 Å². The minimum absolute atomic E-state index is 0.182. The molecule has 1 rings (SSSR count). The van der Waals surface area contributed by atoms with E-state index in [1.54, 1.807) is 20.8 Å². The highest BCUT2D eigenvalue weighted by molar-refractivity contribution is 9.10. The summed E-state index contributed by atoms with van der Waals surface area (Å²) in [6.45, 7) is 7.80. The number of benzene rings is 1. The van der Waals surface area contributed by atoms with Gasteiger partial charge < -0.3 is 5.32 Å². The third-order valence-corrected chi connectivity index (χ3v) is 6.39. The average molecular weight is 362 g/mol. The smallest absolute Gasteiger partial charge is 0.156 e. The molecule has 0 aliphatic heterocycles. The van der Waals surface area contributed by atoms with Gasteiger partial charge in [0, 0.05) is 17.1 Å². The second-order valence-electron chi connectivity index (χ2n) is 6.12. The predicted octanol–water partition coefficient (Wildman–Crippen LogP) is 3.18. The highest BCUT2D eigenvalue weighted by Crippen LogP contribution is 2.15. The van der Waals surface area contributed by atoms with Gasteiger partial charge in [0.1, 0.15) is 0 Å². The quantitative estimate of drug-likeness (QED) is 0.846. The van der Waals surface area contributed by atoms with Gasteiger partial charge in [0.2, 0.25) is 0 Å². The van der Waals surface area contributed by atoms with Crippen LogP contribution < -0.4 is 5.32 Å². The Bertz CT molecular complexity index is 518. The van der Waals surface area contributed by atoms with E-state index >= 15 is 0 Å². The van der Waals surface area contributed by atoms with Crippen molar-refractivity contribution in [1.29, 1.82) is 0 Å². The molecule has 0 bridgehead atoms. The van der Waals surface area contributed by atoms with Crippen LogP contribution in [-0.2, 0) is 16.3 Å². The fraction of sp³-hybridized carbons (Fsp3) is 0.600. The summed E-state index contributed by atoms with van der Waals surface area (Å²) in [5.41, 5.74) is 1.24. The van der Waals surface area contributed by atoms with Gasteiger partial charge in [0.25, 0.3) is 0 Å². The van der Waals surface area contributed by atoms with Crippen LogP contribution in [0.1, 0.15) is 33.3 Å². The highest BCUT2D eigenvalue weighted by atomic mass is 79.9. The monoisotopic (exact) mass is 361 g/mol. The minimum Gasteiger partial charge on any atom is -0.313 e. The lowest BCUT2D eigenvalue weighted by atomic mass is 10.1. The van der Waals surface area contributed by atoms with Crippen molar-refractivity contribution < 1.29 is 8.42 Å². The Hall–Kier alpha value is -0.390. The summed E-state index contributed by atoms with van der Waals surface area (Å²) in [6.07, 6.45) is 0.892. The van der Waals surface area contributed by atoms with E-state index < -0.39 is 14.6 Å². The third-order valence-electron chi connectivity index (χ3n) is 3.25. The van der Waals surface area contributed by atoms with Crippen molar-refractivity contribution in [3.05, 3.63) is 34.3 Å². The minimum atomic E-state index is -3.04. The lowest BCUT2D eigenvalue weighted by Crippen LogP contribution is -2.37. The topological polar surface area (TPSA) is 46.2 Å². The van der Waals surface area contributed by atoms with Crippen LogP contribution in [0, 0.1) is 0 Å². The zero-order valence-electron chi connectivity index (χ0n) is 12.6. The summed E-state index contributed by atoms with van der Waals surface area (Å²) in [7, 11) is -3.04. The van der Waals surface area contributed by atoms with Gasteiger partial charge in [-0.25, -0.2) is 8.42 Å². The number of halogens is 1. The van der Waals surface area contributed by atoms with E-state index in [0.29, 0.717) is 6.54 Å². The molecule has 1 unspecified atom stereocenters. The molecule has 0 spiro atoms. The molecule has 1 N–H and O–H groups in total. The Morgan fingerprint density at radius 3 is 2.25 bits per heavy atom. The van der Waals surface area contributed by atoms with E-state index in [-0.39, 0.29) is 11.8 Å². The van der Waals surface area contributed by atoms with E-state index in [9.17, 15) is 8.42 Å². The van der Waals surface area contributed by atoms with Crippen molar-refractivity contribution in [3.8, 4) is 0 Å². The zero-order valence-corrected chi connectivity index (χ0v) is 15.0. The summed E-state index contributed by atoms with van der Waals surface area (Å²) in [6, 6.07) is 8.45. The van der Waals surface area contributed by atoms with Crippen molar-refractivity contribution >= 4 is 25.8 Å². The molecular formula is C15H24BrNO2S. The Balaban J connectivity index is 2.41. The molecule has 20 heavy (non-hydrogen) atoms. The normalized spacial score (nSPS) is 14.2. The second kappa shape index (κ2) is 7.05. The highest BCUT2D eigenvalue weighted by Gasteiger charge is 2.28. The SMILES string of the molecule is CC(Cc1ccc(Br)cc1)NCCS(=O)(=O)C(C)(C)C.